The Kier molecular flexibility index (Phi) is 6.30. The quantitative estimate of drug-likeness (QED) is 0.665. The van der Waals surface area contributed by atoms with E-state index < -0.39 is 6.04 Å². The summed E-state index contributed by atoms with van der Waals surface area (Å²) in [5, 5.41) is 11.7. The van der Waals surface area contributed by atoms with Gasteiger partial charge in [0.25, 0.3) is 5.91 Å². The molecule has 3 heterocycles. The number of amides is 2. The molecule has 2 aromatic heterocycles. The number of benzene rings is 1. The molecule has 0 aliphatic carbocycles. The van der Waals surface area contributed by atoms with Crippen molar-refractivity contribution in [2.45, 2.75) is 45.1 Å². The molecule has 1 aliphatic rings. The molecule has 3 unspecified atom stereocenters. The first-order valence-electron chi connectivity index (χ1n) is 11.0. The second-order valence-electron chi connectivity index (χ2n) is 8.31. The van der Waals surface area contributed by atoms with Crippen molar-refractivity contribution < 1.29 is 9.59 Å². The van der Waals surface area contributed by atoms with E-state index >= 15 is 0 Å². The highest BCUT2D eigenvalue weighted by atomic mass is 16.2. The molecule has 7 nitrogen and oxygen atoms in total. The molecule has 3 aromatic rings. The lowest BCUT2D eigenvalue weighted by molar-refractivity contribution is -0.135. The lowest BCUT2D eigenvalue weighted by Gasteiger charge is -2.36. The molecule has 4 rings (SSSR count). The summed E-state index contributed by atoms with van der Waals surface area (Å²) in [6, 6.07) is 14.3. The fourth-order valence-corrected chi connectivity index (χ4v) is 4.22. The first-order chi connectivity index (χ1) is 15.1. The average Bonchev–Trinajstić information content (AvgIpc) is 3.26. The van der Waals surface area contributed by atoms with Gasteiger partial charge in [-0.05, 0) is 43.0 Å². The standard InChI is InChI=1S/C24H29N5O2/c1-3-17(2)21(25-23(30)18-10-5-4-6-11-18)24(31)28-14-9-12-19(16-28)22-27-26-20-13-7-8-15-29(20)22/h4-8,10-11,13,15,17,19,21H,3,9,12,14,16H2,1-2H3,(H,25,30). The molecule has 2 amide bonds. The Bertz CT molecular complexity index is 1050. The number of nitrogens with one attached hydrogen (secondary N) is 1. The first kappa shape index (κ1) is 21.0. The summed E-state index contributed by atoms with van der Waals surface area (Å²) in [5.74, 6) is 0.821. The van der Waals surface area contributed by atoms with Crippen molar-refractivity contribution in [3.8, 4) is 0 Å². The Balaban J connectivity index is 1.51. The van der Waals surface area contributed by atoms with Gasteiger partial charge in [-0.25, -0.2) is 0 Å². The van der Waals surface area contributed by atoms with Crippen molar-refractivity contribution in [1.29, 1.82) is 0 Å². The van der Waals surface area contributed by atoms with Crippen LogP contribution in [0, 0.1) is 5.92 Å². The van der Waals surface area contributed by atoms with Gasteiger partial charge in [0.1, 0.15) is 11.9 Å². The molecule has 1 aromatic carbocycles. The van der Waals surface area contributed by atoms with Gasteiger partial charge in [-0.15, -0.1) is 10.2 Å². The number of carbonyl (C=O) groups excluding carboxylic acids is 2. The highest BCUT2D eigenvalue weighted by Gasteiger charge is 2.34. The summed E-state index contributed by atoms with van der Waals surface area (Å²) in [6.07, 6.45) is 4.63. The van der Waals surface area contributed by atoms with Crippen molar-refractivity contribution in [2.24, 2.45) is 5.92 Å². The van der Waals surface area contributed by atoms with Crippen molar-refractivity contribution in [2.75, 3.05) is 13.1 Å². The number of rotatable bonds is 6. The van der Waals surface area contributed by atoms with Crippen LogP contribution in [0.5, 0.6) is 0 Å². The highest BCUT2D eigenvalue weighted by molar-refractivity contribution is 5.97. The van der Waals surface area contributed by atoms with Crippen LogP contribution in [0.4, 0.5) is 0 Å². The second kappa shape index (κ2) is 9.29. The van der Waals surface area contributed by atoms with Gasteiger partial charge in [0.2, 0.25) is 5.91 Å². The van der Waals surface area contributed by atoms with Gasteiger partial charge in [-0.3, -0.25) is 14.0 Å². The molecule has 1 aliphatic heterocycles. The molecular formula is C24H29N5O2. The molecule has 3 atom stereocenters. The zero-order valence-corrected chi connectivity index (χ0v) is 18.1. The molecule has 31 heavy (non-hydrogen) atoms. The Hall–Kier alpha value is -3.22. The summed E-state index contributed by atoms with van der Waals surface area (Å²) < 4.78 is 2.00. The third kappa shape index (κ3) is 4.45. The predicted molar refractivity (Wildman–Crippen MR) is 119 cm³/mol. The van der Waals surface area contributed by atoms with Crippen LogP contribution in [0.2, 0.25) is 0 Å². The van der Waals surface area contributed by atoms with E-state index in [4.69, 9.17) is 0 Å². The van der Waals surface area contributed by atoms with Crippen LogP contribution in [0.25, 0.3) is 5.65 Å². The van der Waals surface area contributed by atoms with Crippen LogP contribution < -0.4 is 5.32 Å². The summed E-state index contributed by atoms with van der Waals surface area (Å²) in [6.45, 7) is 5.34. The minimum absolute atomic E-state index is 0.0165. The lowest BCUT2D eigenvalue weighted by Crippen LogP contribution is -2.53. The Labute approximate surface area is 182 Å². The summed E-state index contributed by atoms with van der Waals surface area (Å²) in [4.78, 5) is 28.2. The number of fused-ring (bicyclic) bond motifs is 1. The smallest absolute Gasteiger partial charge is 0.251 e. The molecule has 1 saturated heterocycles. The number of nitrogens with zero attached hydrogens (tertiary/aromatic N) is 4. The molecule has 1 fully saturated rings. The number of hydrogen-bond acceptors (Lipinski definition) is 4. The van der Waals surface area contributed by atoms with Gasteiger partial charge < -0.3 is 10.2 Å². The fraction of sp³-hybridized carbons (Fsp3) is 0.417. The van der Waals surface area contributed by atoms with Crippen LogP contribution in [-0.2, 0) is 4.79 Å². The molecule has 1 N–H and O–H groups in total. The molecule has 7 heteroatoms. The van der Waals surface area contributed by atoms with Crippen LogP contribution in [0.1, 0.15) is 55.2 Å². The normalized spacial score (nSPS) is 18.5. The maximum Gasteiger partial charge on any atom is 0.251 e. The average molecular weight is 420 g/mol. The minimum atomic E-state index is -0.549. The van der Waals surface area contributed by atoms with Gasteiger partial charge in [0.05, 0.1) is 0 Å². The maximum atomic E-state index is 13.5. The van der Waals surface area contributed by atoms with E-state index in [9.17, 15) is 9.59 Å². The number of likely N-dealkylation sites (tertiary alicyclic amines) is 1. The van der Waals surface area contributed by atoms with E-state index in [0.29, 0.717) is 18.7 Å². The van der Waals surface area contributed by atoms with E-state index in [1.807, 2.05) is 65.7 Å². The van der Waals surface area contributed by atoms with Gasteiger partial charge in [0, 0.05) is 30.8 Å². The SMILES string of the molecule is CCC(C)C(NC(=O)c1ccccc1)C(=O)N1CCCC(c2nnc3ccccn23)C1. The number of carbonyl (C=O) groups is 2. The lowest BCUT2D eigenvalue weighted by atomic mass is 9.93. The van der Waals surface area contributed by atoms with Crippen LogP contribution in [0.15, 0.2) is 54.7 Å². The van der Waals surface area contributed by atoms with E-state index in [2.05, 4.69) is 15.5 Å². The minimum Gasteiger partial charge on any atom is -0.340 e. The summed E-state index contributed by atoms with van der Waals surface area (Å²) >= 11 is 0. The van der Waals surface area contributed by atoms with E-state index in [-0.39, 0.29) is 23.7 Å². The van der Waals surface area contributed by atoms with Crippen LogP contribution >= 0.6 is 0 Å². The van der Waals surface area contributed by atoms with E-state index in [0.717, 1.165) is 30.7 Å². The predicted octanol–water partition coefficient (Wildman–Crippen LogP) is 3.28. The number of piperidine rings is 1. The molecule has 0 saturated carbocycles. The number of pyridine rings is 1. The highest BCUT2D eigenvalue weighted by Crippen LogP contribution is 2.27. The zero-order chi connectivity index (χ0) is 21.8. The molecular weight excluding hydrogens is 390 g/mol. The Morgan fingerprint density at radius 1 is 1.13 bits per heavy atom. The van der Waals surface area contributed by atoms with Crippen molar-refractivity contribution in [3.05, 3.63) is 66.1 Å². The Morgan fingerprint density at radius 3 is 2.68 bits per heavy atom. The van der Waals surface area contributed by atoms with Gasteiger partial charge in [-0.1, -0.05) is 44.5 Å². The summed E-state index contributed by atoms with van der Waals surface area (Å²) in [7, 11) is 0. The van der Waals surface area contributed by atoms with Crippen molar-refractivity contribution >= 4 is 17.5 Å². The van der Waals surface area contributed by atoms with Crippen molar-refractivity contribution in [1.82, 2.24) is 24.8 Å². The van der Waals surface area contributed by atoms with Gasteiger partial charge in [-0.2, -0.15) is 0 Å². The molecule has 0 spiro atoms. The fourth-order valence-electron chi connectivity index (χ4n) is 4.22. The number of hydrogen-bond donors (Lipinski definition) is 1. The Morgan fingerprint density at radius 2 is 1.90 bits per heavy atom. The topological polar surface area (TPSA) is 79.6 Å². The summed E-state index contributed by atoms with van der Waals surface area (Å²) in [5.41, 5.74) is 1.38. The first-order valence-corrected chi connectivity index (χ1v) is 11.0. The van der Waals surface area contributed by atoms with Gasteiger partial charge in [0.15, 0.2) is 5.65 Å². The van der Waals surface area contributed by atoms with Crippen molar-refractivity contribution in [3.63, 3.8) is 0 Å². The molecule has 0 radical (unpaired) electrons. The number of aromatic nitrogens is 3. The largest absolute Gasteiger partial charge is 0.340 e. The van der Waals surface area contributed by atoms with E-state index in [1.165, 1.54) is 0 Å². The van der Waals surface area contributed by atoms with Crippen LogP contribution in [0.3, 0.4) is 0 Å². The third-order valence-corrected chi connectivity index (χ3v) is 6.24. The van der Waals surface area contributed by atoms with Crippen LogP contribution in [-0.4, -0.2) is 50.4 Å². The zero-order valence-electron chi connectivity index (χ0n) is 18.1. The third-order valence-electron chi connectivity index (χ3n) is 6.24. The molecule has 0 bridgehead atoms. The second-order valence-corrected chi connectivity index (χ2v) is 8.31. The monoisotopic (exact) mass is 419 g/mol. The maximum absolute atomic E-state index is 13.5. The molecule has 162 valence electrons. The van der Waals surface area contributed by atoms with Gasteiger partial charge >= 0.3 is 0 Å². The van der Waals surface area contributed by atoms with E-state index in [1.54, 1.807) is 12.1 Å².